The number of halogens is 2. The number of benzene rings is 1. The molecule has 0 aliphatic carbocycles. The van der Waals surface area contributed by atoms with Crippen molar-refractivity contribution in [2.45, 2.75) is 6.42 Å². The van der Waals surface area contributed by atoms with Crippen LogP contribution in [-0.4, -0.2) is 30.6 Å². The van der Waals surface area contributed by atoms with Crippen LogP contribution in [0.1, 0.15) is 5.56 Å². The van der Waals surface area contributed by atoms with Crippen molar-refractivity contribution in [2.24, 2.45) is 5.73 Å². The van der Waals surface area contributed by atoms with Crippen molar-refractivity contribution >= 4 is 11.8 Å². The monoisotopic (exact) mass is 274 g/mol. The quantitative estimate of drug-likeness (QED) is 0.663. The zero-order valence-electron chi connectivity index (χ0n) is 10.00. The van der Waals surface area contributed by atoms with Crippen molar-refractivity contribution in [1.82, 2.24) is 5.32 Å². The molecule has 0 spiro atoms. The highest BCUT2D eigenvalue weighted by molar-refractivity contribution is 6.34. The van der Waals surface area contributed by atoms with Crippen molar-refractivity contribution in [1.29, 1.82) is 0 Å². The van der Waals surface area contributed by atoms with Crippen LogP contribution in [-0.2, 0) is 16.0 Å². The number of hydrogen-bond donors (Lipinski definition) is 3. The third-order valence-electron chi connectivity index (χ3n) is 2.33. The normalized spacial score (nSPS) is 10.1. The number of phenolic OH excluding ortho intramolecular Hbond substituents is 1. The maximum absolute atomic E-state index is 13.7. The lowest BCUT2D eigenvalue weighted by Gasteiger charge is -2.10. The zero-order chi connectivity index (χ0) is 14.6. The van der Waals surface area contributed by atoms with Crippen LogP contribution in [0.15, 0.2) is 6.07 Å². The number of nitrogens with two attached hydrogens (primary N) is 1. The Morgan fingerprint density at radius 3 is 2.63 bits per heavy atom. The van der Waals surface area contributed by atoms with E-state index in [4.69, 9.17) is 5.73 Å². The van der Waals surface area contributed by atoms with Gasteiger partial charge in [0.15, 0.2) is 23.1 Å². The molecule has 0 aromatic heterocycles. The highest BCUT2D eigenvalue weighted by Gasteiger charge is 2.19. The molecule has 0 aliphatic rings. The van der Waals surface area contributed by atoms with Gasteiger partial charge in [-0.25, -0.2) is 8.78 Å². The summed E-state index contributed by atoms with van der Waals surface area (Å²) in [5.41, 5.74) is 4.58. The first kappa shape index (κ1) is 14.7. The van der Waals surface area contributed by atoms with Crippen LogP contribution in [0.3, 0.4) is 0 Å². The molecule has 0 saturated heterocycles. The van der Waals surface area contributed by atoms with E-state index in [9.17, 15) is 23.5 Å². The first-order valence-electron chi connectivity index (χ1n) is 5.20. The number of rotatable bonds is 4. The Hall–Kier alpha value is -2.38. The lowest BCUT2D eigenvalue weighted by molar-refractivity contribution is -0.137. The molecular formula is C11H12F2N2O4. The van der Waals surface area contributed by atoms with E-state index < -0.39 is 34.9 Å². The van der Waals surface area contributed by atoms with Crippen molar-refractivity contribution in [3.63, 3.8) is 0 Å². The Morgan fingerprint density at radius 2 is 2.11 bits per heavy atom. The minimum atomic E-state index is -1.17. The van der Waals surface area contributed by atoms with E-state index in [0.717, 1.165) is 13.2 Å². The summed E-state index contributed by atoms with van der Waals surface area (Å²) in [7, 11) is 1.08. The second kappa shape index (κ2) is 5.98. The molecule has 0 saturated carbocycles. The molecule has 0 heterocycles. The third-order valence-corrected chi connectivity index (χ3v) is 2.33. The van der Waals surface area contributed by atoms with E-state index in [1.54, 1.807) is 0 Å². The maximum Gasteiger partial charge on any atom is 0.309 e. The molecule has 1 aromatic carbocycles. The van der Waals surface area contributed by atoms with E-state index in [-0.39, 0.29) is 18.5 Å². The van der Waals surface area contributed by atoms with Gasteiger partial charge in [0, 0.05) is 6.54 Å². The van der Waals surface area contributed by atoms with Crippen molar-refractivity contribution in [2.75, 3.05) is 13.7 Å². The topological polar surface area (TPSA) is 102 Å². The molecule has 2 amide bonds. The van der Waals surface area contributed by atoms with Gasteiger partial charge in [-0.2, -0.15) is 0 Å². The van der Waals surface area contributed by atoms with Crippen molar-refractivity contribution < 1.29 is 28.2 Å². The predicted molar refractivity (Wildman–Crippen MR) is 60.5 cm³/mol. The number of carbonyl (C=O) groups is 2. The zero-order valence-corrected chi connectivity index (χ0v) is 10.00. The number of hydrogen-bond acceptors (Lipinski definition) is 4. The Balaban J connectivity index is 2.82. The van der Waals surface area contributed by atoms with E-state index in [1.165, 1.54) is 0 Å². The van der Waals surface area contributed by atoms with Crippen LogP contribution in [0, 0.1) is 11.6 Å². The molecule has 0 bridgehead atoms. The highest BCUT2D eigenvalue weighted by atomic mass is 19.1. The van der Waals surface area contributed by atoms with Crippen molar-refractivity contribution in [3.8, 4) is 11.5 Å². The number of carbonyl (C=O) groups excluding carboxylic acids is 2. The summed E-state index contributed by atoms with van der Waals surface area (Å²) in [4.78, 5) is 21.3. The minimum Gasteiger partial charge on any atom is -0.502 e. The van der Waals surface area contributed by atoms with Gasteiger partial charge in [-0.1, -0.05) is 0 Å². The Bertz CT molecular complexity index is 520. The summed E-state index contributed by atoms with van der Waals surface area (Å²) in [6.45, 7) is -0.119. The van der Waals surface area contributed by atoms with E-state index in [0.29, 0.717) is 0 Å². The molecular weight excluding hydrogens is 262 g/mol. The van der Waals surface area contributed by atoms with Gasteiger partial charge in [-0.05, 0) is 18.1 Å². The van der Waals surface area contributed by atoms with Gasteiger partial charge in [0.1, 0.15) is 0 Å². The Labute approximate surface area is 107 Å². The smallest absolute Gasteiger partial charge is 0.309 e. The van der Waals surface area contributed by atoms with Crippen LogP contribution in [0.5, 0.6) is 11.5 Å². The minimum absolute atomic E-state index is 0.0988. The van der Waals surface area contributed by atoms with E-state index in [1.807, 2.05) is 0 Å². The lowest BCUT2D eigenvalue weighted by Crippen LogP contribution is -2.37. The maximum atomic E-state index is 13.7. The van der Waals surface area contributed by atoms with Crippen molar-refractivity contribution in [3.05, 3.63) is 23.3 Å². The molecule has 1 rings (SSSR count). The van der Waals surface area contributed by atoms with E-state index >= 15 is 0 Å². The molecule has 4 N–H and O–H groups in total. The fourth-order valence-electron chi connectivity index (χ4n) is 1.41. The number of aromatic hydroxyl groups is 1. The molecule has 0 fully saturated rings. The fourth-order valence-corrected chi connectivity index (χ4v) is 1.41. The summed E-state index contributed by atoms with van der Waals surface area (Å²) < 4.78 is 31.5. The van der Waals surface area contributed by atoms with E-state index in [2.05, 4.69) is 10.1 Å². The van der Waals surface area contributed by atoms with Gasteiger partial charge in [0.05, 0.1) is 7.11 Å². The SMILES string of the molecule is COc1c(O)c(F)cc(CCNC(=O)C(N)=O)c1F. The molecule has 6 nitrogen and oxygen atoms in total. The summed E-state index contributed by atoms with van der Waals surface area (Å²) in [6, 6.07) is 0.781. The van der Waals surface area contributed by atoms with Crippen LogP contribution in [0.4, 0.5) is 8.78 Å². The molecule has 0 aliphatic heterocycles. The fraction of sp³-hybridized carbons (Fsp3) is 0.273. The number of phenols is 1. The molecule has 104 valence electrons. The first-order valence-corrected chi connectivity index (χ1v) is 5.20. The highest BCUT2D eigenvalue weighted by Crippen LogP contribution is 2.34. The van der Waals surface area contributed by atoms with Gasteiger partial charge in [0.25, 0.3) is 0 Å². The van der Waals surface area contributed by atoms with Crippen LogP contribution in [0.25, 0.3) is 0 Å². The standard InChI is InChI=1S/C11H12F2N2O4/c1-19-9-7(13)5(4-6(12)8(9)16)2-3-15-11(18)10(14)17/h4,16H,2-3H2,1H3,(H2,14,17)(H,15,18). The molecule has 0 unspecified atom stereocenters. The molecule has 0 atom stereocenters. The van der Waals surface area contributed by atoms with Gasteiger partial charge >= 0.3 is 11.8 Å². The lowest BCUT2D eigenvalue weighted by atomic mass is 10.1. The summed E-state index contributed by atoms with van der Waals surface area (Å²) in [6.07, 6.45) is -0.0988. The van der Waals surface area contributed by atoms with Crippen LogP contribution in [0.2, 0.25) is 0 Å². The summed E-state index contributed by atoms with van der Waals surface area (Å²) in [5.74, 6) is -5.72. The second-order valence-corrected chi connectivity index (χ2v) is 3.58. The average Bonchev–Trinajstić information content (AvgIpc) is 2.36. The largest absolute Gasteiger partial charge is 0.502 e. The van der Waals surface area contributed by atoms with Crippen LogP contribution >= 0.6 is 0 Å². The van der Waals surface area contributed by atoms with Gasteiger partial charge in [-0.15, -0.1) is 0 Å². The average molecular weight is 274 g/mol. The first-order chi connectivity index (χ1) is 8.88. The van der Waals surface area contributed by atoms with Gasteiger partial charge in [0.2, 0.25) is 0 Å². The Kier molecular flexibility index (Phi) is 4.62. The summed E-state index contributed by atoms with van der Waals surface area (Å²) in [5, 5.41) is 11.3. The number of nitrogens with one attached hydrogen (secondary N) is 1. The Morgan fingerprint density at radius 1 is 1.47 bits per heavy atom. The molecule has 0 radical (unpaired) electrons. The number of methoxy groups -OCH3 is 1. The third kappa shape index (κ3) is 3.30. The van der Waals surface area contributed by atoms with Crippen LogP contribution < -0.4 is 15.8 Å². The molecule has 8 heteroatoms. The van der Waals surface area contributed by atoms with Gasteiger partial charge < -0.3 is 20.9 Å². The molecule has 1 aromatic rings. The number of ether oxygens (including phenoxy) is 1. The molecule has 19 heavy (non-hydrogen) atoms. The van der Waals surface area contributed by atoms with Gasteiger partial charge in [-0.3, -0.25) is 9.59 Å². The summed E-state index contributed by atoms with van der Waals surface area (Å²) >= 11 is 0. The second-order valence-electron chi connectivity index (χ2n) is 3.58. The number of amides is 2. The number of primary amides is 1. The predicted octanol–water partition coefficient (Wildman–Crippen LogP) is -0.177.